The van der Waals surface area contributed by atoms with Crippen LogP contribution >= 0.6 is 0 Å². The fourth-order valence-electron chi connectivity index (χ4n) is 3.50. The van der Waals surface area contributed by atoms with Crippen molar-refractivity contribution in [1.82, 2.24) is 14.7 Å². The molecular formula is C20H22N4O7. The molecule has 11 heteroatoms. The van der Waals surface area contributed by atoms with E-state index in [1.807, 2.05) is 0 Å². The SMILES string of the molecule is C=CCOC(=O)N1CCN(C(=O)CCCN2C(=O)c3ccc([N+](=O)[O-])cc3C2=O)CC1. The van der Waals surface area contributed by atoms with Crippen LogP contribution in [0.4, 0.5) is 10.5 Å². The van der Waals surface area contributed by atoms with Gasteiger partial charge in [-0.3, -0.25) is 29.4 Å². The van der Waals surface area contributed by atoms with E-state index in [0.29, 0.717) is 26.2 Å². The Labute approximate surface area is 178 Å². The van der Waals surface area contributed by atoms with Crippen molar-refractivity contribution in [3.63, 3.8) is 0 Å². The number of imide groups is 1. The summed E-state index contributed by atoms with van der Waals surface area (Å²) in [5.74, 6) is -1.25. The molecule has 2 aliphatic heterocycles. The summed E-state index contributed by atoms with van der Waals surface area (Å²) in [6, 6.07) is 3.56. The van der Waals surface area contributed by atoms with Crippen molar-refractivity contribution in [2.45, 2.75) is 12.8 Å². The number of carbonyl (C=O) groups excluding carboxylic acids is 4. The van der Waals surface area contributed by atoms with Crippen LogP contribution in [-0.2, 0) is 9.53 Å². The molecule has 2 aliphatic rings. The molecule has 4 amide bonds. The highest BCUT2D eigenvalue weighted by molar-refractivity contribution is 6.21. The zero-order chi connectivity index (χ0) is 22.5. The zero-order valence-corrected chi connectivity index (χ0v) is 16.8. The van der Waals surface area contributed by atoms with Gasteiger partial charge >= 0.3 is 6.09 Å². The van der Waals surface area contributed by atoms with Crippen LogP contribution in [0.2, 0.25) is 0 Å². The molecule has 0 aromatic heterocycles. The number of benzene rings is 1. The van der Waals surface area contributed by atoms with Gasteiger partial charge in [0.05, 0.1) is 16.1 Å². The highest BCUT2D eigenvalue weighted by Crippen LogP contribution is 2.27. The Balaban J connectivity index is 1.47. The second-order valence-corrected chi connectivity index (χ2v) is 7.09. The molecule has 1 saturated heterocycles. The molecule has 0 saturated carbocycles. The van der Waals surface area contributed by atoms with Crippen molar-refractivity contribution in [1.29, 1.82) is 0 Å². The summed E-state index contributed by atoms with van der Waals surface area (Å²) >= 11 is 0. The van der Waals surface area contributed by atoms with Gasteiger partial charge in [0, 0.05) is 51.3 Å². The number of carbonyl (C=O) groups is 4. The molecular weight excluding hydrogens is 408 g/mol. The number of fused-ring (bicyclic) bond motifs is 1. The van der Waals surface area contributed by atoms with Gasteiger partial charge in [-0.2, -0.15) is 0 Å². The Morgan fingerprint density at radius 1 is 1.10 bits per heavy atom. The van der Waals surface area contributed by atoms with Crippen molar-refractivity contribution < 1.29 is 28.8 Å². The van der Waals surface area contributed by atoms with Crippen LogP contribution in [0.1, 0.15) is 33.6 Å². The summed E-state index contributed by atoms with van der Waals surface area (Å²) in [6.45, 7) is 5.12. The van der Waals surface area contributed by atoms with E-state index >= 15 is 0 Å². The average molecular weight is 430 g/mol. The quantitative estimate of drug-likeness (QED) is 0.277. The summed E-state index contributed by atoms with van der Waals surface area (Å²) in [5, 5.41) is 10.9. The molecule has 1 fully saturated rings. The van der Waals surface area contributed by atoms with Crippen molar-refractivity contribution in [3.05, 3.63) is 52.1 Å². The minimum Gasteiger partial charge on any atom is -0.445 e. The van der Waals surface area contributed by atoms with Gasteiger partial charge in [-0.05, 0) is 12.5 Å². The first-order chi connectivity index (χ1) is 14.8. The molecule has 0 radical (unpaired) electrons. The number of hydrogen-bond acceptors (Lipinski definition) is 7. The summed E-state index contributed by atoms with van der Waals surface area (Å²) in [6.07, 6.45) is 1.44. The molecule has 0 N–H and O–H groups in total. The second kappa shape index (κ2) is 9.37. The van der Waals surface area contributed by atoms with E-state index in [2.05, 4.69) is 6.58 Å². The van der Waals surface area contributed by atoms with Crippen molar-refractivity contribution >= 4 is 29.5 Å². The van der Waals surface area contributed by atoms with Gasteiger partial charge in [0.2, 0.25) is 5.91 Å². The Hall–Kier alpha value is -3.76. The Morgan fingerprint density at radius 2 is 1.74 bits per heavy atom. The minimum atomic E-state index is -0.627. The molecule has 11 nitrogen and oxygen atoms in total. The predicted octanol–water partition coefficient (Wildman–Crippen LogP) is 1.44. The van der Waals surface area contributed by atoms with Crippen LogP contribution in [0.25, 0.3) is 0 Å². The van der Waals surface area contributed by atoms with Gasteiger partial charge < -0.3 is 14.5 Å². The third-order valence-corrected chi connectivity index (χ3v) is 5.15. The number of rotatable bonds is 7. The summed E-state index contributed by atoms with van der Waals surface area (Å²) in [4.78, 5) is 63.6. The van der Waals surface area contributed by atoms with Crippen molar-refractivity contribution in [3.8, 4) is 0 Å². The maximum Gasteiger partial charge on any atom is 0.410 e. The number of piperazine rings is 1. The average Bonchev–Trinajstić information content (AvgIpc) is 3.01. The zero-order valence-electron chi connectivity index (χ0n) is 16.8. The predicted molar refractivity (Wildman–Crippen MR) is 107 cm³/mol. The Kier molecular flexibility index (Phi) is 6.63. The first-order valence-corrected chi connectivity index (χ1v) is 9.78. The number of nitro groups is 1. The van der Waals surface area contributed by atoms with E-state index in [1.165, 1.54) is 23.1 Å². The van der Waals surface area contributed by atoms with E-state index in [-0.39, 0.29) is 48.7 Å². The summed E-state index contributed by atoms with van der Waals surface area (Å²) < 4.78 is 4.97. The van der Waals surface area contributed by atoms with Crippen LogP contribution in [0.3, 0.4) is 0 Å². The van der Waals surface area contributed by atoms with Crippen molar-refractivity contribution in [2.75, 3.05) is 39.3 Å². The number of non-ortho nitro benzene ring substituents is 1. The molecule has 2 heterocycles. The number of nitrogens with zero attached hydrogens (tertiary/aromatic N) is 4. The lowest BCUT2D eigenvalue weighted by Gasteiger charge is -2.34. The third kappa shape index (κ3) is 4.71. The monoisotopic (exact) mass is 430 g/mol. The topological polar surface area (TPSA) is 130 Å². The van der Waals surface area contributed by atoms with Crippen LogP contribution in [0.5, 0.6) is 0 Å². The molecule has 3 rings (SSSR count). The molecule has 164 valence electrons. The first-order valence-electron chi connectivity index (χ1n) is 9.78. The second-order valence-electron chi connectivity index (χ2n) is 7.09. The van der Waals surface area contributed by atoms with E-state index in [9.17, 15) is 29.3 Å². The van der Waals surface area contributed by atoms with Gasteiger partial charge in [0.1, 0.15) is 6.61 Å². The van der Waals surface area contributed by atoms with Crippen LogP contribution in [0, 0.1) is 10.1 Å². The van der Waals surface area contributed by atoms with E-state index in [1.54, 1.807) is 4.90 Å². The fourth-order valence-corrected chi connectivity index (χ4v) is 3.50. The van der Waals surface area contributed by atoms with Crippen LogP contribution in [0.15, 0.2) is 30.9 Å². The molecule has 0 aliphatic carbocycles. The number of hydrogen-bond donors (Lipinski definition) is 0. The molecule has 0 spiro atoms. The van der Waals surface area contributed by atoms with Gasteiger partial charge in [-0.1, -0.05) is 12.7 Å². The molecule has 1 aromatic rings. The van der Waals surface area contributed by atoms with Gasteiger partial charge in [0.25, 0.3) is 17.5 Å². The molecule has 0 atom stereocenters. The maximum absolute atomic E-state index is 12.5. The van der Waals surface area contributed by atoms with E-state index in [4.69, 9.17) is 4.74 Å². The molecule has 1 aromatic carbocycles. The van der Waals surface area contributed by atoms with Crippen LogP contribution in [-0.4, -0.2) is 82.8 Å². The van der Waals surface area contributed by atoms with Crippen LogP contribution < -0.4 is 0 Å². The van der Waals surface area contributed by atoms with Gasteiger partial charge in [0.15, 0.2) is 0 Å². The lowest BCUT2D eigenvalue weighted by Crippen LogP contribution is -2.50. The highest BCUT2D eigenvalue weighted by Gasteiger charge is 2.36. The molecule has 0 unspecified atom stereocenters. The number of ether oxygens (including phenoxy) is 1. The van der Waals surface area contributed by atoms with E-state index in [0.717, 1.165) is 11.0 Å². The fraction of sp³-hybridized carbons (Fsp3) is 0.400. The maximum atomic E-state index is 12.5. The smallest absolute Gasteiger partial charge is 0.410 e. The highest BCUT2D eigenvalue weighted by atomic mass is 16.6. The lowest BCUT2D eigenvalue weighted by molar-refractivity contribution is -0.384. The minimum absolute atomic E-state index is 0.00462. The first kappa shape index (κ1) is 21.9. The largest absolute Gasteiger partial charge is 0.445 e. The third-order valence-electron chi connectivity index (χ3n) is 5.15. The Bertz CT molecular complexity index is 937. The number of amides is 4. The standard InChI is InChI=1S/C20H22N4O7/c1-2-12-31-20(28)22-10-8-21(9-11-22)17(25)4-3-7-23-18(26)15-6-5-14(24(29)30)13-16(15)19(23)27/h2,5-6,13H,1,3-4,7-12H2. The summed E-state index contributed by atoms with van der Waals surface area (Å²) in [5.41, 5.74) is -0.129. The normalized spacial score (nSPS) is 15.7. The van der Waals surface area contributed by atoms with E-state index < -0.39 is 22.8 Å². The Morgan fingerprint density at radius 3 is 2.39 bits per heavy atom. The molecule has 0 bridgehead atoms. The van der Waals surface area contributed by atoms with Gasteiger partial charge in [-0.15, -0.1) is 0 Å². The summed E-state index contributed by atoms with van der Waals surface area (Å²) in [7, 11) is 0. The van der Waals surface area contributed by atoms with Gasteiger partial charge in [-0.25, -0.2) is 4.79 Å². The van der Waals surface area contributed by atoms with Crippen molar-refractivity contribution in [2.24, 2.45) is 0 Å². The molecule has 31 heavy (non-hydrogen) atoms. The lowest BCUT2D eigenvalue weighted by atomic mass is 10.1. The number of nitro benzene ring substituents is 1.